The minimum atomic E-state index is -3.52. The Balaban J connectivity index is 1.72. The predicted octanol–water partition coefficient (Wildman–Crippen LogP) is 2.70. The summed E-state index contributed by atoms with van der Waals surface area (Å²) in [6.07, 6.45) is 6.65. The number of hydrogen-bond acceptors (Lipinski definition) is 4. The lowest BCUT2D eigenvalue weighted by Gasteiger charge is -2.33. The van der Waals surface area contributed by atoms with Crippen molar-refractivity contribution in [2.24, 2.45) is 5.92 Å². The van der Waals surface area contributed by atoms with E-state index in [-0.39, 0.29) is 12.5 Å². The van der Waals surface area contributed by atoms with E-state index in [1.54, 1.807) is 4.90 Å². The van der Waals surface area contributed by atoms with Gasteiger partial charge in [0.15, 0.2) is 0 Å². The lowest BCUT2D eigenvalue weighted by molar-refractivity contribution is -0.130. The van der Waals surface area contributed by atoms with Crippen LogP contribution in [0, 0.1) is 5.92 Å². The summed E-state index contributed by atoms with van der Waals surface area (Å²) in [7, 11) is -3.52. The molecule has 0 radical (unpaired) electrons. The van der Waals surface area contributed by atoms with E-state index in [4.69, 9.17) is 0 Å². The first-order chi connectivity index (χ1) is 12.8. The van der Waals surface area contributed by atoms with E-state index in [0.29, 0.717) is 5.69 Å². The van der Waals surface area contributed by atoms with E-state index in [2.05, 4.69) is 11.8 Å². The Kier molecular flexibility index (Phi) is 6.29. The highest BCUT2D eigenvalue weighted by Crippen LogP contribution is 2.26. The van der Waals surface area contributed by atoms with Gasteiger partial charge in [-0.1, -0.05) is 6.92 Å². The number of benzene rings is 1. The van der Waals surface area contributed by atoms with Crippen LogP contribution in [0.15, 0.2) is 24.3 Å². The van der Waals surface area contributed by atoms with Gasteiger partial charge in [-0.15, -0.1) is 0 Å². The highest BCUT2D eigenvalue weighted by Gasteiger charge is 2.25. The van der Waals surface area contributed by atoms with Crippen molar-refractivity contribution in [3.63, 3.8) is 0 Å². The SMILES string of the molecule is CC1CCN(c2ccc(N(CC(=O)N3CCCCC3)S(C)(=O)=O)cc2)CC1. The van der Waals surface area contributed by atoms with Crippen LogP contribution in [-0.2, 0) is 14.8 Å². The second kappa shape index (κ2) is 8.50. The summed E-state index contributed by atoms with van der Waals surface area (Å²) < 4.78 is 25.9. The zero-order chi connectivity index (χ0) is 19.4. The van der Waals surface area contributed by atoms with E-state index in [0.717, 1.165) is 63.3 Å². The molecule has 1 aromatic rings. The number of carbonyl (C=O) groups excluding carboxylic acids is 1. The van der Waals surface area contributed by atoms with E-state index in [1.807, 2.05) is 24.3 Å². The van der Waals surface area contributed by atoms with E-state index in [1.165, 1.54) is 17.1 Å². The van der Waals surface area contributed by atoms with Gasteiger partial charge in [-0.3, -0.25) is 9.10 Å². The van der Waals surface area contributed by atoms with Crippen molar-refractivity contribution < 1.29 is 13.2 Å². The summed E-state index contributed by atoms with van der Waals surface area (Å²) >= 11 is 0. The Morgan fingerprint density at radius 2 is 1.63 bits per heavy atom. The molecule has 3 rings (SSSR count). The van der Waals surface area contributed by atoms with Crippen molar-refractivity contribution >= 4 is 27.3 Å². The maximum Gasteiger partial charge on any atom is 0.243 e. The molecule has 0 spiro atoms. The van der Waals surface area contributed by atoms with Crippen molar-refractivity contribution in [2.75, 3.05) is 48.2 Å². The van der Waals surface area contributed by atoms with Crippen molar-refractivity contribution in [3.8, 4) is 0 Å². The molecule has 1 aromatic carbocycles. The Morgan fingerprint density at radius 1 is 1.04 bits per heavy atom. The Labute approximate surface area is 163 Å². The standard InChI is InChI=1S/C20H31N3O3S/c1-17-10-14-21(15-11-17)18-6-8-19(9-7-18)23(27(2,25)26)16-20(24)22-12-4-3-5-13-22/h6-9,17H,3-5,10-16H2,1-2H3. The summed E-state index contributed by atoms with van der Waals surface area (Å²) in [5.74, 6) is 0.649. The summed E-state index contributed by atoms with van der Waals surface area (Å²) in [5.41, 5.74) is 1.67. The van der Waals surface area contributed by atoms with E-state index in [9.17, 15) is 13.2 Å². The van der Waals surface area contributed by atoms with Gasteiger partial charge in [0.1, 0.15) is 6.54 Å². The molecule has 0 aromatic heterocycles. The number of hydrogen-bond donors (Lipinski definition) is 0. The number of amides is 1. The van der Waals surface area contributed by atoms with Crippen LogP contribution in [0.1, 0.15) is 39.0 Å². The van der Waals surface area contributed by atoms with Gasteiger partial charge < -0.3 is 9.80 Å². The molecule has 0 aliphatic carbocycles. The summed E-state index contributed by atoms with van der Waals surface area (Å²) in [6, 6.07) is 7.57. The Morgan fingerprint density at radius 3 is 2.19 bits per heavy atom. The molecular weight excluding hydrogens is 362 g/mol. The molecule has 27 heavy (non-hydrogen) atoms. The molecule has 2 aliphatic heterocycles. The fourth-order valence-electron chi connectivity index (χ4n) is 3.86. The third kappa shape index (κ3) is 5.15. The van der Waals surface area contributed by atoms with Gasteiger partial charge in [0.25, 0.3) is 0 Å². The van der Waals surface area contributed by atoms with Crippen LogP contribution in [0.25, 0.3) is 0 Å². The fraction of sp³-hybridized carbons (Fsp3) is 0.650. The van der Waals surface area contributed by atoms with E-state index < -0.39 is 10.0 Å². The van der Waals surface area contributed by atoms with Crippen LogP contribution in [0.2, 0.25) is 0 Å². The van der Waals surface area contributed by atoms with Crippen molar-refractivity contribution in [1.29, 1.82) is 0 Å². The van der Waals surface area contributed by atoms with Gasteiger partial charge in [0.05, 0.1) is 11.9 Å². The van der Waals surface area contributed by atoms with Crippen molar-refractivity contribution in [3.05, 3.63) is 24.3 Å². The quantitative estimate of drug-likeness (QED) is 0.772. The second-order valence-electron chi connectivity index (χ2n) is 7.90. The van der Waals surface area contributed by atoms with Gasteiger partial charge in [0, 0.05) is 31.9 Å². The third-order valence-electron chi connectivity index (χ3n) is 5.67. The lowest BCUT2D eigenvalue weighted by Crippen LogP contribution is -2.44. The molecule has 0 N–H and O–H groups in total. The Hall–Kier alpha value is -1.76. The van der Waals surface area contributed by atoms with Gasteiger partial charge in [-0.2, -0.15) is 0 Å². The summed E-state index contributed by atoms with van der Waals surface area (Å²) in [6.45, 7) is 5.67. The van der Waals surface area contributed by atoms with Crippen molar-refractivity contribution in [2.45, 2.75) is 39.0 Å². The number of sulfonamides is 1. The predicted molar refractivity (Wildman–Crippen MR) is 110 cm³/mol. The maximum atomic E-state index is 12.6. The smallest absolute Gasteiger partial charge is 0.243 e. The molecule has 0 unspecified atom stereocenters. The van der Waals surface area contributed by atoms with E-state index >= 15 is 0 Å². The van der Waals surface area contributed by atoms with Crippen LogP contribution in [0.4, 0.5) is 11.4 Å². The number of carbonyl (C=O) groups is 1. The fourth-order valence-corrected chi connectivity index (χ4v) is 4.71. The lowest BCUT2D eigenvalue weighted by atomic mass is 9.99. The van der Waals surface area contributed by atoms with Crippen LogP contribution in [0.3, 0.4) is 0 Å². The number of rotatable bonds is 5. The zero-order valence-corrected chi connectivity index (χ0v) is 17.2. The Bertz CT molecular complexity index is 734. The van der Waals surface area contributed by atoms with Crippen molar-refractivity contribution in [1.82, 2.24) is 4.90 Å². The maximum absolute atomic E-state index is 12.6. The van der Waals surface area contributed by atoms with Crippen LogP contribution < -0.4 is 9.21 Å². The molecule has 2 fully saturated rings. The highest BCUT2D eigenvalue weighted by molar-refractivity contribution is 7.92. The normalized spacial score (nSPS) is 19.2. The molecule has 0 saturated carbocycles. The van der Waals surface area contributed by atoms with Gasteiger partial charge in [-0.25, -0.2) is 8.42 Å². The summed E-state index contributed by atoms with van der Waals surface area (Å²) in [4.78, 5) is 16.7. The highest BCUT2D eigenvalue weighted by atomic mass is 32.2. The summed E-state index contributed by atoms with van der Waals surface area (Å²) in [5, 5.41) is 0. The van der Waals surface area contributed by atoms with Gasteiger partial charge in [0.2, 0.25) is 15.9 Å². The average molecular weight is 394 g/mol. The number of nitrogens with zero attached hydrogens (tertiary/aromatic N) is 3. The number of likely N-dealkylation sites (tertiary alicyclic amines) is 1. The topological polar surface area (TPSA) is 60.9 Å². The molecule has 0 atom stereocenters. The molecule has 2 heterocycles. The van der Waals surface area contributed by atoms with Crippen LogP contribution in [0.5, 0.6) is 0 Å². The van der Waals surface area contributed by atoms with Gasteiger partial charge in [-0.05, 0) is 62.3 Å². The minimum absolute atomic E-state index is 0.116. The largest absolute Gasteiger partial charge is 0.372 e. The van der Waals surface area contributed by atoms with Gasteiger partial charge >= 0.3 is 0 Å². The number of piperidine rings is 2. The molecule has 150 valence electrons. The zero-order valence-electron chi connectivity index (χ0n) is 16.4. The first-order valence-corrected chi connectivity index (χ1v) is 11.8. The molecule has 7 heteroatoms. The third-order valence-corrected chi connectivity index (χ3v) is 6.82. The molecule has 2 saturated heterocycles. The molecular formula is C20H31N3O3S. The molecule has 0 bridgehead atoms. The first-order valence-electron chi connectivity index (χ1n) is 9.95. The molecule has 6 nitrogen and oxygen atoms in total. The first kappa shape index (κ1) is 20.0. The monoisotopic (exact) mass is 393 g/mol. The molecule has 2 aliphatic rings. The minimum Gasteiger partial charge on any atom is -0.372 e. The average Bonchev–Trinajstić information content (AvgIpc) is 2.66. The van der Waals surface area contributed by atoms with Crippen LogP contribution >= 0.6 is 0 Å². The van der Waals surface area contributed by atoms with Crippen LogP contribution in [-0.4, -0.2) is 58.2 Å². The molecule has 1 amide bonds. The second-order valence-corrected chi connectivity index (χ2v) is 9.80. The number of anilines is 2.